The number of hydrogen-bond acceptors (Lipinski definition) is 0. The molecular weight excluding hydrogens is 436 g/mol. The Bertz CT molecular complexity index is 1480. The van der Waals surface area contributed by atoms with Crippen LogP contribution < -0.4 is 9.13 Å². The standard InChI is InChI=1S/C34H30N2/c1(11-25-35-27-13-21-31-19-7-9-23-33(31)35)3-15-29-17-5-6-18-30(29)16-4-2-12-26-36-28-14-22-32-20-8-10-24-34(32)36/h5-10,13-14,17-24,27-28H,1-2,11-12,25-26H2/q+2. The van der Waals surface area contributed by atoms with Gasteiger partial charge in [-0.25, -0.2) is 0 Å². The van der Waals surface area contributed by atoms with Gasteiger partial charge in [0, 0.05) is 71.8 Å². The average molecular weight is 467 g/mol. The minimum atomic E-state index is 0.861. The first kappa shape index (κ1) is 23.3. The van der Waals surface area contributed by atoms with Crippen molar-refractivity contribution in [1.29, 1.82) is 0 Å². The summed E-state index contributed by atoms with van der Waals surface area (Å²) in [4.78, 5) is 0. The Morgan fingerprint density at radius 3 is 1.39 bits per heavy atom. The van der Waals surface area contributed by atoms with E-state index in [0.29, 0.717) is 0 Å². The molecule has 174 valence electrons. The van der Waals surface area contributed by atoms with Crippen LogP contribution in [0.25, 0.3) is 21.8 Å². The maximum atomic E-state index is 3.37. The van der Waals surface area contributed by atoms with E-state index >= 15 is 0 Å². The topological polar surface area (TPSA) is 7.76 Å². The number of rotatable bonds is 6. The van der Waals surface area contributed by atoms with Crippen molar-refractivity contribution in [3.05, 3.63) is 121 Å². The third-order valence-corrected chi connectivity index (χ3v) is 6.35. The fourth-order valence-electron chi connectivity index (χ4n) is 4.52. The number of benzene rings is 3. The van der Waals surface area contributed by atoms with Crippen molar-refractivity contribution in [2.75, 3.05) is 0 Å². The van der Waals surface area contributed by atoms with Crippen LogP contribution in [0.1, 0.15) is 36.8 Å². The molecule has 36 heavy (non-hydrogen) atoms. The zero-order chi connectivity index (χ0) is 24.4. The minimum absolute atomic E-state index is 0.861. The molecule has 0 spiro atoms. The van der Waals surface area contributed by atoms with E-state index in [0.717, 1.165) is 49.9 Å². The molecule has 2 aromatic heterocycles. The number of pyridine rings is 2. The smallest absolute Gasteiger partial charge is 0.198 e. The molecule has 5 aromatic rings. The molecular formula is C34H30N2+2. The highest BCUT2D eigenvalue weighted by molar-refractivity contribution is 5.75. The molecule has 0 radical (unpaired) electrons. The Morgan fingerprint density at radius 1 is 0.472 bits per heavy atom. The second kappa shape index (κ2) is 11.8. The van der Waals surface area contributed by atoms with Gasteiger partial charge in [0.05, 0.1) is 0 Å². The lowest BCUT2D eigenvalue weighted by atomic mass is 10.1. The second-order valence-electron chi connectivity index (χ2n) is 8.88. The van der Waals surface area contributed by atoms with Crippen LogP contribution in [0.4, 0.5) is 0 Å². The Kier molecular flexibility index (Phi) is 7.67. The first-order valence-corrected chi connectivity index (χ1v) is 12.7. The van der Waals surface area contributed by atoms with Crippen LogP contribution in [-0.4, -0.2) is 0 Å². The number of para-hydroxylation sites is 2. The SMILES string of the molecule is C(#Cc1ccccc1C#CCCC[n+]1cccc2ccccc21)CCC[n+]1cccc2ccccc21. The molecule has 0 aliphatic heterocycles. The van der Waals surface area contributed by atoms with Gasteiger partial charge in [0.15, 0.2) is 12.4 Å². The van der Waals surface area contributed by atoms with Crippen molar-refractivity contribution in [2.45, 2.75) is 38.8 Å². The zero-order valence-corrected chi connectivity index (χ0v) is 20.5. The summed E-state index contributed by atoms with van der Waals surface area (Å²) in [6.07, 6.45) is 8.07. The maximum Gasteiger partial charge on any atom is 0.212 e. The highest BCUT2D eigenvalue weighted by Gasteiger charge is 2.07. The van der Waals surface area contributed by atoms with Gasteiger partial charge in [-0.2, -0.15) is 9.13 Å². The van der Waals surface area contributed by atoms with Crippen LogP contribution in [0.2, 0.25) is 0 Å². The summed E-state index contributed by atoms with van der Waals surface area (Å²) in [5.74, 6) is 13.4. The fourth-order valence-corrected chi connectivity index (χ4v) is 4.52. The molecule has 0 bridgehead atoms. The Morgan fingerprint density at radius 2 is 0.889 bits per heavy atom. The highest BCUT2D eigenvalue weighted by Crippen LogP contribution is 2.10. The third kappa shape index (κ3) is 5.80. The normalized spacial score (nSPS) is 10.4. The molecule has 0 N–H and O–H groups in total. The second-order valence-corrected chi connectivity index (χ2v) is 8.88. The van der Waals surface area contributed by atoms with Crippen molar-refractivity contribution < 1.29 is 9.13 Å². The van der Waals surface area contributed by atoms with E-state index in [1.807, 2.05) is 12.1 Å². The molecule has 0 atom stereocenters. The van der Waals surface area contributed by atoms with E-state index in [9.17, 15) is 0 Å². The Balaban J connectivity index is 1.15. The zero-order valence-electron chi connectivity index (χ0n) is 20.5. The van der Waals surface area contributed by atoms with Gasteiger partial charge >= 0.3 is 0 Å². The van der Waals surface area contributed by atoms with Gasteiger partial charge in [-0.15, -0.1) is 0 Å². The summed E-state index contributed by atoms with van der Waals surface area (Å²) in [7, 11) is 0. The lowest BCUT2D eigenvalue weighted by Crippen LogP contribution is -2.33. The van der Waals surface area contributed by atoms with Gasteiger partial charge in [0.25, 0.3) is 0 Å². The number of nitrogens with zero attached hydrogens (tertiary/aromatic N) is 2. The summed E-state index contributed by atoms with van der Waals surface area (Å²) >= 11 is 0. The molecule has 0 fully saturated rings. The van der Waals surface area contributed by atoms with E-state index in [1.165, 1.54) is 21.8 Å². The van der Waals surface area contributed by atoms with Crippen LogP contribution in [0.15, 0.2) is 109 Å². The Hall–Kier alpha value is -4.40. The van der Waals surface area contributed by atoms with Gasteiger partial charge in [-0.1, -0.05) is 60.1 Å². The van der Waals surface area contributed by atoms with Crippen molar-refractivity contribution in [1.82, 2.24) is 0 Å². The van der Waals surface area contributed by atoms with Crippen molar-refractivity contribution in [3.63, 3.8) is 0 Å². The van der Waals surface area contributed by atoms with E-state index < -0.39 is 0 Å². The number of aryl methyl sites for hydroxylation is 2. The first-order valence-electron chi connectivity index (χ1n) is 12.7. The van der Waals surface area contributed by atoms with Crippen molar-refractivity contribution >= 4 is 21.8 Å². The van der Waals surface area contributed by atoms with E-state index in [4.69, 9.17) is 0 Å². The largest absolute Gasteiger partial charge is 0.212 e. The third-order valence-electron chi connectivity index (χ3n) is 6.35. The molecule has 2 heterocycles. The average Bonchev–Trinajstić information content (AvgIpc) is 2.93. The molecule has 0 saturated heterocycles. The number of aromatic nitrogens is 2. The van der Waals surface area contributed by atoms with Crippen molar-refractivity contribution in [2.24, 2.45) is 0 Å². The van der Waals surface area contributed by atoms with E-state index in [1.54, 1.807) is 0 Å². The number of fused-ring (bicyclic) bond motifs is 2. The quantitative estimate of drug-likeness (QED) is 0.159. The molecule has 0 unspecified atom stereocenters. The van der Waals surface area contributed by atoms with Crippen LogP contribution in [-0.2, 0) is 13.1 Å². The lowest BCUT2D eigenvalue weighted by Gasteiger charge is -2.00. The molecule has 2 heteroatoms. The maximum absolute atomic E-state index is 3.37. The number of unbranched alkanes of at least 4 members (excludes halogenated alkanes) is 2. The highest BCUT2D eigenvalue weighted by atomic mass is 14.9. The predicted molar refractivity (Wildman–Crippen MR) is 147 cm³/mol. The summed E-state index contributed by atoms with van der Waals surface area (Å²) < 4.78 is 4.62. The van der Waals surface area contributed by atoms with Crippen LogP contribution >= 0.6 is 0 Å². The molecule has 0 saturated carbocycles. The van der Waals surface area contributed by atoms with Gasteiger partial charge < -0.3 is 0 Å². The predicted octanol–water partition coefficient (Wildman–Crippen LogP) is 6.23. The molecule has 0 amide bonds. The van der Waals surface area contributed by atoms with E-state index in [-0.39, 0.29) is 0 Å². The molecule has 0 aliphatic rings. The van der Waals surface area contributed by atoms with Crippen LogP contribution in [0.3, 0.4) is 0 Å². The summed E-state index contributed by atoms with van der Waals surface area (Å²) in [5, 5.41) is 2.54. The van der Waals surface area contributed by atoms with Crippen LogP contribution in [0.5, 0.6) is 0 Å². The van der Waals surface area contributed by atoms with E-state index in [2.05, 4.69) is 130 Å². The summed E-state index contributed by atoms with van der Waals surface area (Å²) in [6, 6.07) is 33.8. The summed E-state index contributed by atoms with van der Waals surface area (Å²) in [6.45, 7) is 1.93. The summed E-state index contributed by atoms with van der Waals surface area (Å²) in [5.41, 5.74) is 4.58. The van der Waals surface area contributed by atoms with Gasteiger partial charge in [0.2, 0.25) is 11.0 Å². The van der Waals surface area contributed by atoms with Crippen LogP contribution in [0, 0.1) is 23.7 Å². The fraction of sp³-hybridized carbons (Fsp3) is 0.176. The number of hydrogen-bond donors (Lipinski definition) is 0. The Labute approximate surface area is 213 Å². The van der Waals surface area contributed by atoms with Gasteiger partial charge in [-0.3, -0.25) is 0 Å². The molecule has 3 aromatic carbocycles. The molecule has 2 nitrogen and oxygen atoms in total. The lowest BCUT2D eigenvalue weighted by molar-refractivity contribution is -0.671. The monoisotopic (exact) mass is 466 g/mol. The minimum Gasteiger partial charge on any atom is -0.198 e. The van der Waals surface area contributed by atoms with Gasteiger partial charge in [0.1, 0.15) is 13.1 Å². The van der Waals surface area contributed by atoms with Gasteiger partial charge in [-0.05, 0) is 36.4 Å². The van der Waals surface area contributed by atoms with Crippen molar-refractivity contribution in [3.8, 4) is 23.7 Å². The molecule has 5 rings (SSSR count). The molecule has 0 aliphatic carbocycles. The first-order chi connectivity index (χ1) is 17.9.